The van der Waals surface area contributed by atoms with Gasteiger partial charge in [-0.15, -0.1) is 0 Å². The second-order valence-corrected chi connectivity index (χ2v) is 2.42. The molecule has 0 aromatic carbocycles. The van der Waals surface area contributed by atoms with Gasteiger partial charge in [-0.2, -0.15) is 0 Å². The van der Waals surface area contributed by atoms with Crippen molar-refractivity contribution in [1.82, 2.24) is 0 Å². The van der Waals surface area contributed by atoms with Crippen LogP contribution in [-0.4, -0.2) is 0 Å². The summed E-state index contributed by atoms with van der Waals surface area (Å²) in [4.78, 5) is 0. The molecule has 0 unspecified atom stereocenters. The molecular formula is C8H8Cl2O. The largest absolute Gasteiger partial charge is 0.470 e. The fourth-order valence-electron chi connectivity index (χ4n) is 0.260. The van der Waals surface area contributed by atoms with Gasteiger partial charge < -0.3 is 4.74 Å². The van der Waals surface area contributed by atoms with E-state index in [4.69, 9.17) is 27.9 Å². The Hall–Kier alpha value is -0.660. The van der Waals surface area contributed by atoms with Gasteiger partial charge in [0.1, 0.15) is 12.5 Å². The van der Waals surface area contributed by atoms with E-state index in [0.717, 1.165) is 0 Å². The number of hydrogen-bond donors (Lipinski definition) is 0. The van der Waals surface area contributed by atoms with Crippen LogP contribution in [0.5, 0.6) is 0 Å². The molecule has 0 amide bonds. The van der Waals surface area contributed by atoms with E-state index >= 15 is 0 Å². The molecule has 0 rings (SSSR count). The molecule has 60 valence electrons. The summed E-state index contributed by atoms with van der Waals surface area (Å²) in [6, 6.07) is 0. The molecule has 0 saturated carbocycles. The van der Waals surface area contributed by atoms with Gasteiger partial charge >= 0.3 is 0 Å². The van der Waals surface area contributed by atoms with Crippen molar-refractivity contribution >= 4 is 23.2 Å². The highest BCUT2D eigenvalue weighted by Crippen LogP contribution is 2.05. The lowest BCUT2D eigenvalue weighted by molar-refractivity contribution is 0.400. The third kappa shape index (κ3) is 5.77. The zero-order chi connectivity index (χ0) is 8.69. The lowest BCUT2D eigenvalue weighted by Crippen LogP contribution is -1.70. The van der Waals surface area contributed by atoms with Crippen molar-refractivity contribution in [1.29, 1.82) is 0 Å². The molecule has 0 aromatic rings. The van der Waals surface area contributed by atoms with E-state index in [-0.39, 0.29) is 0 Å². The van der Waals surface area contributed by atoms with Gasteiger partial charge in [-0.05, 0) is 12.2 Å². The first kappa shape index (κ1) is 10.3. The number of allylic oxidation sites excluding steroid dienone is 4. The Kier molecular flexibility index (Phi) is 5.71. The molecule has 0 aliphatic carbocycles. The zero-order valence-electron chi connectivity index (χ0n) is 5.89. The topological polar surface area (TPSA) is 9.23 Å². The molecule has 0 aromatic heterocycles. The minimum atomic E-state index is 0.412. The molecule has 0 fully saturated rings. The maximum atomic E-state index is 5.51. The van der Waals surface area contributed by atoms with Gasteiger partial charge in [0.15, 0.2) is 0 Å². The van der Waals surface area contributed by atoms with Crippen LogP contribution in [0.2, 0.25) is 0 Å². The molecular weight excluding hydrogens is 183 g/mol. The average Bonchev–Trinajstić information content (AvgIpc) is 2.04. The fraction of sp³-hybridized carbons (Fsp3) is 0. The molecule has 11 heavy (non-hydrogen) atoms. The van der Waals surface area contributed by atoms with E-state index in [1.165, 1.54) is 24.7 Å². The predicted octanol–water partition coefficient (Wildman–Crippen LogP) is 3.54. The number of halogens is 2. The van der Waals surface area contributed by atoms with Crippen LogP contribution in [0.25, 0.3) is 0 Å². The lowest BCUT2D eigenvalue weighted by Gasteiger charge is -1.91. The van der Waals surface area contributed by atoms with Gasteiger partial charge in [0.2, 0.25) is 0 Å². The first-order valence-electron chi connectivity index (χ1n) is 2.82. The van der Waals surface area contributed by atoms with E-state index in [0.29, 0.717) is 10.1 Å². The summed E-state index contributed by atoms with van der Waals surface area (Å²) in [6.45, 7) is 6.85. The molecule has 0 radical (unpaired) electrons. The van der Waals surface area contributed by atoms with Crippen molar-refractivity contribution in [2.45, 2.75) is 0 Å². The van der Waals surface area contributed by atoms with E-state index in [1.807, 2.05) is 0 Å². The Morgan fingerprint density at radius 2 is 1.36 bits per heavy atom. The third-order valence-electron chi connectivity index (χ3n) is 0.751. The first-order valence-corrected chi connectivity index (χ1v) is 3.58. The van der Waals surface area contributed by atoms with Crippen molar-refractivity contribution in [3.8, 4) is 0 Å². The quantitative estimate of drug-likeness (QED) is 0.487. The maximum Gasteiger partial charge on any atom is 0.109 e. The Bertz CT molecular complexity index is 182. The second-order valence-electron chi connectivity index (χ2n) is 1.55. The van der Waals surface area contributed by atoms with Crippen LogP contribution in [-0.2, 0) is 4.74 Å². The minimum absolute atomic E-state index is 0.412. The number of rotatable bonds is 4. The standard InChI is InChI=1S/C8H8Cl2O/c1-3-7(9)5-11-6-8(10)4-2/h3-6H,1-2H2. The van der Waals surface area contributed by atoms with E-state index < -0.39 is 0 Å². The lowest BCUT2D eigenvalue weighted by atomic mass is 10.6. The Labute approximate surface area is 76.3 Å². The van der Waals surface area contributed by atoms with Crippen LogP contribution in [0.1, 0.15) is 0 Å². The van der Waals surface area contributed by atoms with Crippen LogP contribution in [0.4, 0.5) is 0 Å². The smallest absolute Gasteiger partial charge is 0.109 e. The van der Waals surface area contributed by atoms with Crippen LogP contribution in [0, 0.1) is 0 Å². The van der Waals surface area contributed by atoms with Gasteiger partial charge in [-0.3, -0.25) is 0 Å². The molecule has 0 aliphatic heterocycles. The normalized spacial score (nSPS) is 12.5. The molecule has 3 heteroatoms. The van der Waals surface area contributed by atoms with Crippen LogP contribution < -0.4 is 0 Å². The molecule has 1 nitrogen and oxygen atoms in total. The SMILES string of the molecule is C=CC(Cl)=COC=C(Cl)C=C. The summed E-state index contributed by atoms with van der Waals surface area (Å²) in [5.41, 5.74) is 0. The highest BCUT2D eigenvalue weighted by molar-refractivity contribution is 6.31. The summed E-state index contributed by atoms with van der Waals surface area (Å²) in [5.74, 6) is 0. The number of ether oxygens (including phenoxy) is 1. The average molecular weight is 191 g/mol. The summed E-state index contributed by atoms with van der Waals surface area (Å²) in [7, 11) is 0. The zero-order valence-corrected chi connectivity index (χ0v) is 7.40. The van der Waals surface area contributed by atoms with Crippen LogP contribution >= 0.6 is 23.2 Å². The maximum absolute atomic E-state index is 5.51. The highest BCUT2D eigenvalue weighted by Gasteiger charge is 1.83. The molecule has 0 spiro atoms. The summed E-state index contributed by atoms with van der Waals surface area (Å²) in [5, 5.41) is 0.824. The Morgan fingerprint density at radius 1 is 1.00 bits per heavy atom. The predicted molar refractivity (Wildman–Crippen MR) is 49.4 cm³/mol. The van der Waals surface area contributed by atoms with Crippen molar-refractivity contribution in [3.05, 3.63) is 47.9 Å². The second kappa shape index (κ2) is 6.08. The highest BCUT2D eigenvalue weighted by atomic mass is 35.5. The van der Waals surface area contributed by atoms with Crippen LogP contribution in [0.15, 0.2) is 47.9 Å². The third-order valence-corrected chi connectivity index (χ3v) is 1.24. The fourth-order valence-corrected chi connectivity index (χ4v) is 0.363. The Balaban J connectivity index is 3.89. The first-order chi connectivity index (χ1) is 5.20. The van der Waals surface area contributed by atoms with Crippen molar-refractivity contribution in [2.75, 3.05) is 0 Å². The van der Waals surface area contributed by atoms with Crippen molar-refractivity contribution in [2.24, 2.45) is 0 Å². The molecule has 0 saturated heterocycles. The molecule has 0 atom stereocenters. The molecule has 0 heterocycles. The monoisotopic (exact) mass is 190 g/mol. The summed E-state index contributed by atoms with van der Waals surface area (Å²) >= 11 is 11.0. The Morgan fingerprint density at radius 3 is 1.64 bits per heavy atom. The van der Waals surface area contributed by atoms with Gasteiger partial charge in [-0.1, -0.05) is 36.4 Å². The van der Waals surface area contributed by atoms with Gasteiger partial charge in [0.25, 0.3) is 0 Å². The summed E-state index contributed by atoms with van der Waals surface area (Å²) in [6.07, 6.45) is 5.55. The van der Waals surface area contributed by atoms with Crippen molar-refractivity contribution in [3.63, 3.8) is 0 Å². The number of hydrogen-bond acceptors (Lipinski definition) is 1. The van der Waals surface area contributed by atoms with E-state index in [9.17, 15) is 0 Å². The van der Waals surface area contributed by atoms with E-state index in [1.54, 1.807) is 0 Å². The van der Waals surface area contributed by atoms with Crippen LogP contribution in [0.3, 0.4) is 0 Å². The van der Waals surface area contributed by atoms with Crippen molar-refractivity contribution < 1.29 is 4.74 Å². The minimum Gasteiger partial charge on any atom is -0.470 e. The summed E-state index contributed by atoms with van der Waals surface area (Å²) < 4.78 is 4.81. The van der Waals surface area contributed by atoms with Gasteiger partial charge in [0, 0.05) is 0 Å². The molecule has 0 bridgehead atoms. The van der Waals surface area contributed by atoms with E-state index in [2.05, 4.69) is 13.2 Å². The van der Waals surface area contributed by atoms with Gasteiger partial charge in [-0.25, -0.2) is 0 Å². The van der Waals surface area contributed by atoms with Gasteiger partial charge in [0.05, 0.1) is 10.1 Å². The molecule has 0 N–H and O–H groups in total. The molecule has 0 aliphatic rings.